The number of carbonyl (C=O) groups is 4. The number of hydrogen-bond donors (Lipinski definition) is 3. The van der Waals surface area contributed by atoms with Crippen molar-refractivity contribution in [1.29, 1.82) is 0 Å². The second kappa shape index (κ2) is 3.41. The van der Waals surface area contributed by atoms with Crippen molar-refractivity contribution in [3.63, 3.8) is 0 Å². The fourth-order valence-corrected chi connectivity index (χ4v) is 2.70. The molecule has 3 N–H and O–H groups in total. The summed E-state index contributed by atoms with van der Waals surface area (Å²) < 4.78 is 0. The number of aliphatic carboxylic acids is 1. The van der Waals surface area contributed by atoms with Crippen LogP contribution in [0.4, 0.5) is 5.69 Å². The van der Waals surface area contributed by atoms with Crippen molar-refractivity contribution in [2.24, 2.45) is 5.92 Å². The lowest BCUT2D eigenvalue weighted by atomic mass is 9.72. The van der Waals surface area contributed by atoms with E-state index in [2.05, 4.69) is 5.32 Å². The zero-order valence-electron chi connectivity index (χ0n) is 9.47. The third kappa shape index (κ3) is 1.16. The Morgan fingerprint density at radius 1 is 1.11 bits per heavy atom. The largest absolute Gasteiger partial charge is 0.481 e. The molecule has 2 aliphatic rings. The van der Waals surface area contributed by atoms with Gasteiger partial charge >= 0.3 is 5.97 Å². The van der Waals surface area contributed by atoms with Gasteiger partial charge in [0.25, 0.3) is 0 Å². The van der Waals surface area contributed by atoms with Crippen LogP contribution in [0.15, 0.2) is 24.3 Å². The fraction of sp³-hybridized carbons (Fsp3) is 0.167. The van der Waals surface area contributed by atoms with Gasteiger partial charge < -0.3 is 10.4 Å². The number of fused-ring (bicyclic) bond motifs is 2. The lowest BCUT2D eigenvalue weighted by molar-refractivity contribution is -0.151. The fourth-order valence-electron chi connectivity index (χ4n) is 2.70. The maximum atomic E-state index is 12.1. The molecule has 2 unspecified atom stereocenters. The van der Waals surface area contributed by atoms with Crippen LogP contribution in [-0.4, -0.2) is 28.8 Å². The zero-order chi connectivity index (χ0) is 13.8. The first-order valence-corrected chi connectivity index (χ1v) is 5.48. The molecule has 3 amide bonds. The minimum atomic E-state index is -2.00. The molecule has 1 aromatic carbocycles. The number of rotatable bonds is 1. The van der Waals surface area contributed by atoms with E-state index < -0.39 is 35.0 Å². The van der Waals surface area contributed by atoms with Crippen LogP contribution in [0.1, 0.15) is 5.56 Å². The third-order valence-corrected chi connectivity index (χ3v) is 3.50. The Bertz CT molecular complexity index is 653. The van der Waals surface area contributed by atoms with Crippen molar-refractivity contribution in [3.05, 3.63) is 29.8 Å². The molecule has 0 aromatic heterocycles. The number of carboxylic acid groups (broad SMARTS) is 1. The Balaban J connectivity index is 2.32. The molecule has 2 atom stereocenters. The van der Waals surface area contributed by atoms with E-state index in [4.69, 9.17) is 0 Å². The van der Waals surface area contributed by atoms with E-state index in [1.807, 2.05) is 5.32 Å². The summed E-state index contributed by atoms with van der Waals surface area (Å²) in [5, 5.41) is 13.6. The molecule has 1 fully saturated rings. The summed E-state index contributed by atoms with van der Waals surface area (Å²) >= 11 is 0. The van der Waals surface area contributed by atoms with Crippen LogP contribution in [0.25, 0.3) is 0 Å². The maximum Gasteiger partial charge on any atom is 0.318 e. The van der Waals surface area contributed by atoms with Crippen LogP contribution < -0.4 is 10.6 Å². The van der Waals surface area contributed by atoms with E-state index in [9.17, 15) is 24.3 Å². The SMILES string of the molecule is O=C(O)C1C(=O)NC(=O)C12C(=O)Nc1ccccc12. The van der Waals surface area contributed by atoms with Crippen LogP contribution in [0.5, 0.6) is 0 Å². The molecular formula is C12H8N2O5. The summed E-state index contributed by atoms with van der Waals surface area (Å²) in [5.41, 5.74) is -1.43. The highest BCUT2D eigenvalue weighted by molar-refractivity contribution is 6.32. The van der Waals surface area contributed by atoms with Crippen LogP contribution in [0.2, 0.25) is 0 Å². The molecule has 7 heteroatoms. The summed E-state index contributed by atoms with van der Waals surface area (Å²) in [7, 11) is 0. The van der Waals surface area contributed by atoms with Crippen LogP contribution in [0, 0.1) is 5.92 Å². The van der Waals surface area contributed by atoms with E-state index in [-0.39, 0.29) is 5.56 Å². The van der Waals surface area contributed by atoms with Gasteiger partial charge in [-0.3, -0.25) is 24.5 Å². The van der Waals surface area contributed by atoms with E-state index in [0.717, 1.165) is 0 Å². The molecule has 96 valence electrons. The quantitative estimate of drug-likeness (QED) is 0.453. The second-order valence-electron chi connectivity index (χ2n) is 4.40. The highest BCUT2D eigenvalue weighted by Crippen LogP contribution is 2.46. The minimum Gasteiger partial charge on any atom is -0.481 e. The Labute approximate surface area is 106 Å². The maximum absolute atomic E-state index is 12.1. The molecular weight excluding hydrogens is 252 g/mol. The zero-order valence-corrected chi connectivity index (χ0v) is 9.47. The predicted octanol–water partition coefficient (Wildman–Crippen LogP) is -0.766. The number of para-hydroxylation sites is 1. The first kappa shape index (κ1) is 11.4. The summed E-state index contributed by atoms with van der Waals surface area (Å²) in [6.45, 7) is 0. The molecule has 0 saturated carbocycles. The lowest BCUT2D eigenvalue weighted by Gasteiger charge is -2.21. The summed E-state index contributed by atoms with van der Waals surface area (Å²) in [5.74, 6) is -5.90. The average Bonchev–Trinajstić information content (AvgIpc) is 2.77. The monoisotopic (exact) mass is 260 g/mol. The molecule has 0 radical (unpaired) electrons. The molecule has 1 saturated heterocycles. The van der Waals surface area contributed by atoms with E-state index in [1.165, 1.54) is 6.07 Å². The van der Waals surface area contributed by atoms with E-state index >= 15 is 0 Å². The number of anilines is 1. The van der Waals surface area contributed by atoms with Gasteiger partial charge in [0.1, 0.15) is 0 Å². The van der Waals surface area contributed by atoms with E-state index in [0.29, 0.717) is 5.69 Å². The van der Waals surface area contributed by atoms with Crippen molar-refractivity contribution < 1.29 is 24.3 Å². The molecule has 2 heterocycles. The number of carboxylic acids is 1. The Morgan fingerprint density at radius 2 is 1.74 bits per heavy atom. The van der Waals surface area contributed by atoms with Crippen LogP contribution >= 0.6 is 0 Å². The minimum absolute atomic E-state index is 0.218. The molecule has 0 bridgehead atoms. The number of hydrogen-bond acceptors (Lipinski definition) is 4. The van der Waals surface area contributed by atoms with E-state index in [1.54, 1.807) is 18.2 Å². The smallest absolute Gasteiger partial charge is 0.318 e. The first-order chi connectivity index (χ1) is 8.99. The predicted molar refractivity (Wildman–Crippen MR) is 61.0 cm³/mol. The molecule has 3 rings (SSSR count). The van der Waals surface area contributed by atoms with Gasteiger partial charge in [-0.05, 0) is 6.07 Å². The molecule has 1 aromatic rings. The summed E-state index contributed by atoms with van der Waals surface area (Å²) in [6.07, 6.45) is 0. The topological polar surface area (TPSA) is 113 Å². The van der Waals surface area contributed by atoms with Crippen LogP contribution in [0.3, 0.4) is 0 Å². The van der Waals surface area contributed by atoms with Crippen LogP contribution in [-0.2, 0) is 24.6 Å². The van der Waals surface area contributed by atoms with Crippen molar-refractivity contribution in [1.82, 2.24) is 5.32 Å². The second-order valence-corrected chi connectivity index (χ2v) is 4.40. The molecule has 19 heavy (non-hydrogen) atoms. The Hall–Kier alpha value is -2.70. The van der Waals surface area contributed by atoms with Gasteiger partial charge in [0, 0.05) is 11.3 Å². The molecule has 2 aliphatic heterocycles. The molecule has 7 nitrogen and oxygen atoms in total. The van der Waals surface area contributed by atoms with Gasteiger partial charge in [-0.15, -0.1) is 0 Å². The summed E-state index contributed by atoms with van der Waals surface area (Å²) in [6, 6.07) is 6.25. The van der Waals surface area contributed by atoms with Gasteiger partial charge in [0.15, 0.2) is 11.3 Å². The lowest BCUT2D eigenvalue weighted by Crippen LogP contribution is -2.48. The van der Waals surface area contributed by atoms with Crippen molar-refractivity contribution in [3.8, 4) is 0 Å². The number of amides is 3. The molecule has 1 spiro atoms. The normalized spacial score (nSPS) is 28.2. The van der Waals surface area contributed by atoms with Crippen molar-refractivity contribution in [2.45, 2.75) is 5.41 Å². The Kier molecular flexibility index (Phi) is 2.04. The third-order valence-electron chi connectivity index (χ3n) is 3.50. The van der Waals surface area contributed by atoms with Crippen molar-refractivity contribution >= 4 is 29.4 Å². The Morgan fingerprint density at radius 3 is 2.42 bits per heavy atom. The number of nitrogens with one attached hydrogen (secondary N) is 2. The van der Waals surface area contributed by atoms with Gasteiger partial charge in [-0.2, -0.15) is 0 Å². The highest BCUT2D eigenvalue weighted by Gasteiger charge is 2.67. The number of imide groups is 1. The highest BCUT2D eigenvalue weighted by atomic mass is 16.4. The van der Waals surface area contributed by atoms with Gasteiger partial charge in [0.2, 0.25) is 17.7 Å². The standard InChI is InChI=1S/C12H8N2O5/c15-8-7(9(16)17)12(11(19)14-8)5-3-1-2-4-6(5)13-10(12)18/h1-4,7H,(H,13,18)(H,16,17)(H,14,15,19). The van der Waals surface area contributed by atoms with Gasteiger partial charge in [-0.25, -0.2) is 0 Å². The number of benzene rings is 1. The average molecular weight is 260 g/mol. The first-order valence-electron chi connectivity index (χ1n) is 5.48. The van der Waals surface area contributed by atoms with Gasteiger partial charge in [-0.1, -0.05) is 18.2 Å². The van der Waals surface area contributed by atoms with Gasteiger partial charge in [0.05, 0.1) is 0 Å². The number of carbonyl (C=O) groups excluding carboxylic acids is 3. The molecule has 0 aliphatic carbocycles. The summed E-state index contributed by atoms with van der Waals surface area (Å²) in [4.78, 5) is 47.1. The van der Waals surface area contributed by atoms with Crippen molar-refractivity contribution in [2.75, 3.05) is 5.32 Å².